The lowest BCUT2D eigenvalue weighted by Crippen LogP contribution is -2.32. The van der Waals surface area contributed by atoms with Gasteiger partial charge in [-0.1, -0.05) is 23.8 Å². The van der Waals surface area contributed by atoms with Crippen molar-refractivity contribution in [2.45, 2.75) is 51.7 Å². The van der Waals surface area contributed by atoms with E-state index in [1.807, 2.05) is 31.2 Å². The van der Waals surface area contributed by atoms with Crippen LogP contribution in [0.15, 0.2) is 24.3 Å². The number of hydrogen-bond acceptors (Lipinski definition) is 5. The fraction of sp³-hybridized carbons (Fsp3) is 0.471. The molecular weight excluding hydrogens is 318 g/mol. The van der Waals surface area contributed by atoms with E-state index >= 15 is 0 Å². The molecule has 1 aliphatic rings. The summed E-state index contributed by atoms with van der Waals surface area (Å²) in [5.41, 5.74) is 1.63. The zero-order valence-corrected chi connectivity index (χ0v) is 14.2. The average Bonchev–Trinajstić information content (AvgIpc) is 3.12. The highest BCUT2D eigenvalue weighted by Crippen LogP contribution is 2.18. The van der Waals surface area contributed by atoms with Gasteiger partial charge in [0.05, 0.1) is 11.6 Å². The number of carbonyl (C=O) groups is 1. The van der Waals surface area contributed by atoms with Gasteiger partial charge in [-0.25, -0.2) is 4.68 Å². The van der Waals surface area contributed by atoms with Crippen molar-refractivity contribution in [3.05, 3.63) is 35.9 Å². The molecule has 0 radical (unpaired) electrons. The van der Waals surface area contributed by atoms with Gasteiger partial charge in [0.2, 0.25) is 5.91 Å². The molecule has 1 aliphatic heterocycles. The van der Waals surface area contributed by atoms with Crippen molar-refractivity contribution >= 4 is 16.9 Å². The maximum absolute atomic E-state index is 12.4. The molecule has 8 nitrogen and oxygen atoms in total. The Kier molecular flexibility index (Phi) is 4.17. The smallest absolute Gasteiger partial charge is 0.242 e. The molecule has 3 aromatic rings. The van der Waals surface area contributed by atoms with Crippen LogP contribution in [0.5, 0.6) is 0 Å². The molecule has 0 bridgehead atoms. The summed E-state index contributed by atoms with van der Waals surface area (Å²) in [4.78, 5) is 12.4. The standard InChI is InChI=1S/C17H21N7O/c1-12(17-21-20-15-9-3-2-6-10-23(15)17)18-16(25)11-24-14-8-5-4-7-13(14)19-22-24/h4-5,7-8,12H,2-3,6,9-11H2,1H3,(H,18,25)/t12-/m1/s1. The number of aromatic nitrogens is 6. The molecule has 1 amide bonds. The van der Waals surface area contributed by atoms with Crippen LogP contribution in [0.2, 0.25) is 0 Å². The molecular formula is C17H21N7O. The van der Waals surface area contributed by atoms with E-state index in [0.29, 0.717) is 0 Å². The Morgan fingerprint density at radius 2 is 2.08 bits per heavy atom. The van der Waals surface area contributed by atoms with Gasteiger partial charge in [0.25, 0.3) is 0 Å². The Bertz CT molecular complexity index is 897. The highest BCUT2D eigenvalue weighted by atomic mass is 16.2. The van der Waals surface area contributed by atoms with Gasteiger partial charge in [-0.2, -0.15) is 0 Å². The highest BCUT2D eigenvalue weighted by Gasteiger charge is 2.21. The number of fused-ring (bicyclic) bond motifs is 2. The predicted molar refractivity (Wildman–Crippen MR) is 91.7 cm³/mol. The number of nitrogens with one attached hydrogen (secondary N) is 1. The lowest BCUT2D eigenvalue weighted by atomic mass is 10.2. The van der Waals surface area contributed by atoms with Gasteiger partial charge in [-0.3, -0.25) is 4.79 Å². The lowest BCUT2D eigenvalue weighted by molar-refractivity contribution is -0.122. The Labute approximate surface area is 145 Å². The van der Waals surface area contributed by atoms with Crippen LogP contribution in [-0.4, -0.2) is 35.7 Å². The summed E-state index contributed by atoms with van der Waals surface area (Å²) in [7, 11) is 0. The monoisotopic (exact) mass is 339 g/mol. The van der Waals surface area contributed by atoms with Gasteiger partial charge in [0, 0.05) is 13.0 Å². The van der Waals surface area contributed by atoms with E-state index in [1.165, 1.54) is 6.42 Å². The van der Waals surface area contributed by atoms with E-state index < -0.39 is 0 Å². The van der Waals surface area contributed by atoms with Crippen molar-refractivity contribution in [1.29, 1.82) is 0 Å². The van der Waals surface area contributed by atoms with E-state index in [-0.39, 0.29) is 18.5 Å². The topological polar surface area (TPSA) is 90.5 Å². The first kappa shape index (κ1) is 15.7. The molecule has 4 rings (SSSR count). The van der Waals surface area contributed by atoms with Gasteiger partial charge in [0.1, 0.15) is 17.9 Å². The summed E-state index contributed by atoms with van der Waals surface area (Å²) < 4.78 is 3.77. The fourth-order valence-corrected chi connectivity index (χ4v) is 3.35. The SMILES string of the molecule is C[C@@H](NC(=O)Cn1nnc2ccccc21)c1nnc2n1CCCCC2. The van der Waals surface area contributed by atoms with Gasteiger partial charge in [-0.15, -0.1) is 15.3 Å². The Balaban J connectivity index is 1.47. The van der Waals surface area contributed by atoms with E-state index in [1.54, 1.807) is 4.68 Å². The summed E-state index contributed by atoms with van der Waals surface area (Å²) in [5.74, 6) is 1.73. The van der Waals surface area contributed by atoms with Crippen LogP contribution in [0.4, 0.5) is 0 Å². The van der Waals surface area contributed by atoms with Crippen LogP contribution >= 0.6 is 0 Å². The maximum Gasteiger partial charge on any atom is 0.242 e. The van der Waals surface area contributed by atoms with Crippen LogP contribution in [-0.2, 0) is 24.3 Å². The predicted octanol–water partition coefficient (Wildman–Crippen LogP) is 1.63. The number of aryl methyl sites for hydroxylation is 1. The zero-order valence-electron chi connectivity index (χ0n) is 14.2. The fourth-order valence-electron chi connectivity index (χ4n) is 3.35. The van der Waals surface area contributed by atoms with Gasteiger partial charge < -0.3 is 9.88 Å². The molecule has 1 aromatic carbocycles. The number of amides is 1. The molecule has 0 spiro atoms. The Morgan fingerprint density at radius 3 is 3.00 bits per heavy atom. The van der Waals surface area contributed by atoms with Gasteiger partial charge in [0.15, 0.2) is 5.82 Å². The highest BCUT2D eigenvalue weighted by molar-refractivity contribution is 5.79. The number of benzene rings is 1. The molecule has 130 valence electrons. The van der Waals surface area contributed by atoms with Crippen molar-refractivity contribution in [2.24, 2.45) is 0 Å². The minimum absolute atomic E-state index is 0.117. The summed E-state index contributed by atoms with van der Waals surface area (Å²) in [6.45, 7) is 3.00. The molecule has 0 unspecified atom stereocenters. The summed E-state index contributed by atoms with van der Waals surface area (Å²) in [5, 5.41) is 19.7. The quantitative estimate of drug-likeness (QED) is 0.780. The largest absolute Gasteiger partial charge is 0.345 e. The van der Waals surface area contributed by atoms with Crippen molar-refractivity contribution in [1.82, 2.24) is 35.1 Å². The molecule has 8 heteroatoms. The maximum atomic E-state index is 12.4. The first-order chi connectivity index (χ1) is 12.2. The summed E-state index contributed by atoms with van der Waals surface area (Å²) in [6, 6.07) is 7.41. The van der Waals surface area contributed by atoms with Gasteiger partial charge >= 0.3 is 0 Å². The number of carbonyl (C=O) groups excluding carboxylic acids is 1. The first-order valence-corrected chi connectivity index (χ1v) is 8.72. The summed E-state index contributed by atoms with van der Waals surface area (Å²) in [6.07, 6.45) is 4.45. The molecule has 3 heterocycles. The Morgan fingerprint density at radius 1 is 1.20 bits per heavy atom. The average molecular weight is 339 g/mol. The molecule has 1 atom stereocenters. The molecule has 0 fully saturated rings. The summed E-state index contributed by atoms with van der Waals surface area (Å²) >= 11 is 0. The molecule has 0 saturated carbocycles. The second-order valence-corrected chi connectivity index (χ2v) is 6.46. The number of nitrogens with zero attached hydrogens (tertiary/aromatic N) is 6. The third kappa shape index (κ3) is 3.11. The molecule has 2 aromatic heterocycles. The molecule has 0 saturated heterocycles. The zero-order chi connectivity index (χ0) is 17.2. The minimum atomic E-state index is -0.193. The normalized spacial score (nSPS) is 15.6. The minimum Gasteiger partial charge on any atom is -0.345 e. The third-order valence-electron chi connectivity index (χ3n) is 4.62. The van der Waals surface area contributed by atoms with Crippen LogP contribution in [0.3, 0.4) is 0 Å². The molecule has 25 heavy (non-hydrogen) atoms. The van der Waals surface area contributed by atoms with E-state index in [4.69, 9.17) is 0 Å². The van der Waals surface area contributed by atoms with E-state index in [9.17, 15) is 4.79 Å². The van der Waals surface area contributed by atoms with E-state index in [0.717, 1.165) is 48.5 Å². The molecule has 0 aliphatic carbocycles. The van der Waals surface area contributed by atoms with Crippen molar-refractivity contribution in [3.63, 3.8) is 0 Å². The molecule has 1 N–H and O–H groups in total. The second kappa shape index (κ2) is 6.62. The number of rotatable bonds is 4. The van der Waals surface area contributed by atoms with Gasteiger partial charge in [-0.05, 0) is 31.9 Å². The first-order valence-electron chi connectivity index (χ1n) is 8.72. The van der Waals surface area contributed by atoms with Crippen LogP contribution in [0.25, 0.3) is 11.0 Å². The lowest BCUT2D eigenvalue weighted by Gasteiger charge is -2.15. The number of hydrogen-bond donors (Lipinski definition) is 1. The number of para-hydroxylation sites is 1. The van der Waals surface area contributed by atoms with E-state index in [2.05, 4.69) is 30.4 Å². The van der Waals surface area contributed by atoms with Crippen LogP contribution in [0.1, 0.15) is 43.9 Å². The van der Waals surface area contributed by atoms with Crippen molar-refractivity contribution in [3.8, 4) is 0 Å². The second-order valence-electron chi connectivity index (χ2n) is 6.46. The third-order valence-corrected chi connectivity index (χ3v) is 4.62. The van der Waals surface area contributed by atoms with Crippen molar-refractivity contribution < 1.29 is 4.79 Å². The van der Waals surface area contributed by atoms with Crippen LogP contribution < -0.4 is 5.32 Å². The van der Waals surface area contributed by atoms with Crippen molar-refractivity contribution in [2.75, 3.05) is 0 Å². The Hall–Kier alpha value is -2.77. The van der Waals surface area contributed by atoms with Crippen LogP contribution in [0, 0.1) is 0 Å².